The van der Waals surface area contributed by atoms with Crippen LogP contribution < -0.4 is 5.32 Å². The lowest BCUT2D eigenvalue weighted by Gasteiger charge is -2.11. The van der Waals surface area contributed by atoms with Gasteiger partial charge < -0.3 is 15.5 Å². The van der Waals surface area contributed by atoms with Crippen molar-refractivity contribution in [3.63, 3.8) is 0 Å². The van der Waals surface area contributed by atoms with Gasteiger partial charge in [0, 0.05) is 6.54 Å². The van der Waals surface area contributed by atoms with E-state index in [4.69, 9.17) is 10.2 Å². The number of hydrogen-bond donors (Lipinski definition) is 3. The zero-order valence-electron chi connectivity index (χ0n) is 7.67. The Kier molecular flexibility index (Phi) is 3.93. The van der Waals surface area contributed by atoms with Crippen molar-refractivity contribution in [2.45, 2.75) is 6.10 Å². The second-order valence-electron chi connectivity index (χ2n) is 2.94. The fraction of sp³-hybridized carbons (Fsp3) is 0.333. The van der Waals surface area contributed by atoms with Crippen molar-refractivity contribution >= 4 is 5.69 Å². The normalized spacial score (nSPS) is 12.6. The molecular formula is C9H10F3NO2. The molecule has 0 heterocycles. The van der Waals surface area contributed by atoms with Crippen molar-refractivity contribution in [3.05, 3.63) is 29.6 Å². The first-order chi connectivity index (χ1) is 7.06. The van der Waals surface area contributed by atoms with Crippen LogP contribution in [0.3, 0.4) is 0 Å². The van der Waals surface area contributed by atoms with E-state index in [0.29, 0.717) is 0 Å². The van der Waals surface area contributed by atoms with Crippen LogP contribution in [0, 0.1) is 17.5 Å². The Morgan fingerprint density at radius 1 is 1.20 bits per heavy atom. The topological polar surface area (TPSA) is 52.5 Å². The minimum atomic E-state index is -1.57. The van der Waals surface area contributed by atoms with E-state index in [9.17, 15) is 13.2 Å². The van der Waals surface area contributed by atoms with Crippen molar-refractivity contribution in [2.75, 3.05) is 18.5 Å². The monoisotopic (exact) mass is 221 g/mol. The minimum Gasteiger partial charge on any atom is -0.394 e. The SMILES string of the molecule is OC[C@@H](O)CNc1ccc(F)c(F)c1F. The van der Waals surface area contributed by atoms with Gasteiger partial charge in [-0.15, -0.1) is 0 Å². The summed E-state index contributed by atoms with van der Waals surface area (Å²) in [5.74, 6) is -4.20. The number of anilines is 1. The second kappa shape index (κ2) is 4.99. The molecule has 3 nitrogen and oxygen atoms in total. The summed E-state index contributed by atoms with van der Waals surface area (Å²) in [6, 6.07) is 1.78. The Bertz CT molecular complexity index is 346. The summed E-state index contributed by atoms with van der Waals surface area (Å²) in [5.41, 5.74) is -0.263. The molecule has 6 heteroatoms. The van der Waals surface area contributed by atoms with Gasteiger partial charge in [0.1, 0.15) is 0 Å². The van der Waals surface area contributed by atoms with E-state index in [0.717, 1.165) is 12.1 Å². The van der Waals surface area contributed by atoms with Crippen molar-refractivity contribution in [1.82, 2.24) is 0 Å². The first-order valence-corrected chi connectivity index (χ1v) is 4.22. The maximum absolute atomic E-state index is 13.0. The van der Waals surface area contributed by atoms with Crippen LogP contribution in [-0.4, -0.2) is 29.5 Å². The standard InChI is InChI=1S/C9H10F3NO2/c10-6-1-2-7(9(12)8(6)11)13-3-5(15)4-14/h1-2,5,13-15H,3-4H2/t5-/m0/s1. The smallest absolute Gasteiger partial charge is 0.196 e. The van der Waals surface area contributed by atoms with Gasteiger partial charge in [-0.3, -0.25) is 0 Å². The molecule has 1 rings (SSSR count). The Morgan fingerprint density at radius 3 is 2.47 bits per heavy atom. The average Bonchev–Trinajstić information content (AvgIpc) is 2.24. The Morgan fingerprint density at radius 2 is 1.87 bits per heavy atom. The summed E-state index contributed by atoms with van der Waals surface area (Å²) in [5, 5.41) is 19.7. The van der Waals surface area contributed by atoms with E-state index in [1.807, 2.05) is 0 Å². The first kappa shape index (κ1) is 11.8. The van der Waals surface area contributed by atoms with Crippen molar-refractivity contribution in [2.24, 2.45) is 0 Å². The third-order valence-electron chi connectivity index (χ3n) is 1.77. The van der Waals surface area contributed by atoms with Crippen LogP contribution in [0.15, 0.2) is 12.1 Å². The zero-order chi connectivity index (χ0) is 11.4. The van der Waals surface area contributed by atoms with E-state index in [1.165, 1.54) is 0 Å². The Balaban J connectivity index is 2.74. The van der Waals surface area contributed by atoms with Crippen molar-refractivity contribution < 1.29 is 23.4 Å². The molecule has 0 aliphatic carbocycles. The molecule has 0 aliphatic rings. The number of rotatable bonds is 4. The third kappa shape index (κ3) is 2.84. The molecule has 3 N–H and O–H groups in total. The van der Waals surface area contributed by atoms with Crippen LogP contribution in [0.1, 0.15) is 0 Å². The number of halogens is 3. The largest absolute Gasteiger partial charge is 0.394 e. The maximum atomic E-state index is 13.0. The number of aliphatic hydroxyl groups excluding tert-OH is 2. The van der Waals surface area contributed by atoms with Crippen molar-refractivity contribution in [1.29, 1.82) is 0 Å². The fourth-order valence-electron chi connectivity index (χ4n) is 0.955. The quantitative estimate of drug-likeness (QED) is 0.661. The summed E-state index contributed by atoms with van der Waals surface area (Å²) in [6.07, 6.45) is -1.09. The Labute approximate surface area is 84.2 Å². The van der Waals surface area contributed by atoms with Crippen LogP contribution in [0.5, 0.6) is 0 Å². The van der Waals surface area contributed by atoms with E-state index >= 15 is 0 Å². The molecule has 0 saturated carbocycles. The van der Waals surface area contributed by atoms with Crippen LogP contribution in [-0.2, 0) is 0 Å². The van der Waals surface area contributed by atoms with E-state index in [2.05, 4.69) is 5.32 Å². The molecule has 0 bridgehead atoms. The molecule has 15 heavy (non-hydrogen) atoms. The molecule has 0 fully saturated rings. The molecule has 0 amide bonds. The minimum absolute atomic E-state index is 0.154. The molecular weight excluding hydrogens is 211 g/mol. The lowest BCUT2D eigenvalue weighted by Crippen LogP contribution is -2.23. The Hall–Kier alpha value is -1.27. The molecule has 0 unspecified atom stereocenters. The molecule has 84 valence electrons. The maximum Gasteiger partial charge on any atom is 0.196 e. The van der Waals surface area contributed by atoms with Gasteiger partial charge in [0.2, 0.25) is 0 Å². The molecule has 0 aliphatic heterocycles. The summed E-state index contributed by atoms with van der Waals surface area (Å²) in [4.78, 5) is 0. The number of aliphatic hydroxyl groups is 2. The first-order valence-electron chi connectivity index (χ1n) is 4.22. The van der Waals surface area contributed by atoms with Gasteiger partial charge in [0.05, 0.1) is 18.4 Å². The zero-order valence-corrected chi connectivity index (χ0v) is 7.67. The number of hydrogen-bond acceptors (Lipinski definition) is 3. The summed E-state index contributed by atoms with van der Waals surface area (Å²) >= 11 is 0. The average molecular weight is 221 g/mol. The molecule has 1 aromatic rings. The number of nitrogens with one attached hydrogen (secondary N) is 1. The van der Waals surface area contributed by atoms with Gasteiger partial charge in [-0.1, -0.05) is 0 Å². The molecule has 0 saturated heterocycles. The molecule has 0 spiro atoms. The highest BCUT2D eigenvalue weighted by molar-refractivity contribution is 5.45. The van der Waals surface area contributed by atoms with Gasteiger partial charge in [0.15, 0.2) is 17.5 Å². The highest BCUT2D eigenvalue weighted by Gasteiger charge is 2.13. The second-order valence-corrected chi connectivity index (χ2v) is 2.94. The van der Waals surface area contributed by atoms with Crippen LogP contribution in [0.2, 0.25) is 0 Å². The summed E-state index contributed by atoms with van der Waals surface area (Å²) in [7, 11) is 0. The van der Waals surface area contributed by atoms with E-state index in [-0.39, 0.29) is 12.2 Å². The predicted molar refractivity (Wildman–Crippen MR) is 47.9 cm³/mol. The highest BCUT2D eigenvalue weighted by atomic mass is 19.2. The lowest BCUT2D eigenvalue weighted by atomic mass is 10.2. The van der Waals surface area contributed by atoms with Gasteiger partial charge in [-0.25, -0.2) is 13.2 Å². The fourth-order valence-corrected chi connectivity index (χ4v) is 0.955. The highest BCUT2D eigenvalue weighted by Crippen LogP contribution is 2.19. The number of benzene rings is 1. The summed E-state index contributed by atoms with van der Waals surface area (Å²) in [6.45, 7) is -0.656. The van der Waals surface area contributed by atoms with E-state index < -0.39 is 30.2 Å². The molecule has 0 aromatic heterocycles. The molecule has 0 radical (unpaired) electrons. The summed E-state index contributed by atoms with van der Waals surface area (Å²) < 4.78 is 38.2. The van der Waals surface area contributed by atoms with E-state index in [1.54, 1.807) is 0 Å². The van der Waals surface area contributed by atoms with Gasteiger partial charge in [-0.2, -0.15) is 0 Å². The van der Waals surface area contributed by atoms with Gasteiger partial charge in [0.25, 0.3) is 0 Å². The van der Waals surface area contributed by atoms with Crippen LogP contribution in [0.25, 0.3) is 0 Å². The predicted octanol–water partition coefficient (Wildman–Crippen LogP) is 0.869. The van der Waals surface area contributed by atoms with Gasteiger partial charge in [-0.05, 0) is 12.1 Å². The molecule has 1 atom stereocenters. The van der Waals surface area contributed by atoms with Crippen LogP contribution >= 0.6 is 0 Å². The van der Waals surface area contributed by atoms with Gasteiger partial charge >= 0.3 is 0 Å². The lowest BCUT2D eigenvalue weighted by molar-refractivity contribution is 0.105. The third-order valence-corrected chi connectivity index (χ3v) is 1.77. The van der Waals surface area contributed by atoms with Crippen LogP contribution in [0.4, 0.5) is 18.9 Å². The molecule has 1 aromatic carbocycles. The van der Waals surface area contributed by atoms with Crippen molar-refractivity contribution in [3.8, 4) is 0 Å².